The van der Waals surface area contributed by atoms with Crippen molar-refractivity contribution in [1.82, 2.24) is 4.90 Å². The van der Waals surface area contributed by atoms with E-state index in [1.165, 1.54) is 0 Å². The Hall–Kier alpha value is -1.22. The molecular formula is C11H15NO2. The van der Waals surface area contributed by atoms with Crippen molar-refractivity contribution < 1.29 is 9.84 Å². The highest BCUT2D eigenvalue weighted by molar-refractivity contribution is 5.30. The van der Waals surface area contributed by atoms with Gasteiger partial charge in [-0.05, 0) is 31.3 Å². The lowest BCUT2D eigenvalue weighted by Gasteiger charge is -2.35. The molecule has 1 aromatic carbocycles. The fourth-order valence-corrected chi connectivity index (χ4v) is 1.69. The number of likely N-dealkylation sites (tertiary alicyclic amines) is 1. The molecule has 0 saturated carbocycles. The van der Waals surface area contributed by atoms with Crippen LogP contribution in [0.3, 0.4) is 0 Å². The third-order valence-electron chi connectivity index (χ3n) is 2.46. The van der Waals surface area contributed by atoms with Crippen molar-refractivity contribution in [3.63, 3.8) is 0 Å². The van der Waals surface area contributed by atoms with Gasteiger partial charge in [-0.15, -0.1) is 0 Å². The van der Waals surface area contributed by atoms with Gasteiger partial charge in [-0.3, -0.25) is 0 Å². The van der Waals surface area contributed by atoms with E-state index in [-0.39, 0.29) is 5.75 Å². The van der Waals surface area contributed by atoms with Crippen molar-refractivity contribution in [3.8, 4) is 11.5 Å². The largest absolute Gasteiger partial charge is 0.508 e. The third-order valence-corrected chi connectivity index (χ3v) is 2.46. The number of rotatable bonds is 3. The normalized spacial score (nSPS) is 17.8. The highest BCUT2D eigenvalue weighted by Gasteiger charge is 2.23. The first-order valence-corrected chi connectivity index (χ1v) is 4.84. The van der Waals surface area contributed by atoms with Crippen LogP contribution in [0.4, 0.5) is 0 Å². The summed E-state index contributed by atoms with van der Waals surface area (Å²) in [7, 11) is 2.11. The van der Waals surface area contributed by atoms with Crippen molar-refractivity contribution >= 4 is 0 Å². The summed E-state index contributed by atoms with van der Waals surface area (Å²) >= 11 is 0. The second kappa shape index (κ2) is 3.88. The van der Waals surface area contributed by atoms with Gasteiger partial charge in [-0.2, -0.15) is 0 Å². The molecule has 0 aromatic heterocycles. The molecule has 2 rings (SSSR count). The van der Waals surface area contributed by atoms with Gasteiger partial charge in [0, 0.05) is 19.0 Å². The second-order valence-corrected chi connectivity index (χ2v) is 3.89. The summed E-state index contributed by atoms with van der Waals surface area (Å²) in [6, 6.07) is 6.86. The Labute approximate surface area is 83.9 Å². The first-order valence-electron chi connectivity index (χ1n) is 4.84. The summed E-state index contributed by atoms with van der Waals surface area (Å²) in [5.41, 5.74) is 0. The topological polar surface area (TPSA) is 32.7 Å². The summed E-state index contributed by atoms with van der Waals surface area (Å²) in [6.07, 6.45) is 0. The summed E-state index contributed by atoms with van der Waals surface area (Å²) in [5.74, 6) is 1.77. The van der Waals surface area contributed by atoms with Gasteiger partial charge >= 0.3 is 0 Å². The molecule has 1 N–H and O–H groups in total. The molecule has 14 heavy (non-hydrogen) atoms. The van der Waals surface area contributed by atoms with Crippen LogP contribution in [0, 0.1) is 5.92 Å². The molecule has 0 amide bonds. The number of phenolic OH excluding ortho intramolecular Hbond substituents is 1. The number of hydrogen-bond donors (Lipinski definition) is 1. The Bertz CT molecular complexity index is 291. The molecule has 1 aliphatic heterocycles. The van der Waals surface area contributed by atoms with E-state index in [2.05, 4.69) is 11.9 Å². The van der Waals surface area contributed by atoms with Gasteiger partial charge in [0.15, 0.2) is 0 Å². The first-order chi connectivity index (χ1) is 6.74. The zero-order chi connectivity index (χ0) is 9.97. The monoisotopic (exact) mass is 193 g/mol. The minimum absolute atomic E-state index is 0.278. The first kappa shape index (κ1) is 9.34. The number of benzene rings is 1. The van der Waals surface area contributed by atoms with Crippen molar-refractivity contribution in [2.75, 3.05) is 26.7 Å². The smallest absolute Gasteiger partial charge is 0.119 e. The summed E-state index contributed by atoms with van der Waals surface area (Å²) < 4.78 is 5.58. The maximum absolute atomic E-state index is 9.06. The lowest BCUT2D eigenvalue weighted by atomic mass is 10.0. The third kappa shape index (κ3) is 2.17. The molecule has 1 saturated heterocycles. The molecule has 0 aliphatic carbocycles. The van der Waals surface area contributed by atoms with Crippen molar-refractivity contribution in [1.29, 1.82) is 0 Å². The SMILES string of the molecule is CN1CC(COc2ccc(O)cc2)C1. The van der Waals surface area contributed by atoms with Crippen LogP contribution in [-0.2, 0) is 0 Å². The number of aromatic hydroxyl groups is 1. The molecule has 0 bridgehead atoms. The number of hydrogen-bond acceptors (Lipinski definition) is 3. The zero-order valence-electron chi connectivity index (χ0n) is 8.31. The van der Waals surface area contributed by atoms with Crippen LogP contribution >= 0.6 is 0 Å². The second-order valence-electron chi connectivity index (χ2n) is 3.89. The fraction of sp³-hybridized carbons (Fsp3) is 0.455. The molecule has 0 radical (unpaired) electrons. The van der Waals surface area contributed by atoms with E-state index in [1.54, 1.807) is 24.3 Å². The molecule has 0 atom stereocenters. The van der Waals surface area contributed by atoms with E-state index < -0.39 is 0 Å². The van der Waals surface area contributed by atoms with E-state index in [0.29, 0.717) is 5.92 Å². The van der Waals surface area contributed by atoms with Gasteiger partial charge in [0.25, 0.3) is 0 Å². The van der Waals surface area contributed by atoms with Gasteiger partial charge in [0.05, 0.1) is 6.61 Å². The van der Waals surface area contributed by atoms with Gasteiger partial charge in [-0.1, -0.05) is 0 Å². The van der Waals surface area contributed by atoms with Crippen LogP contribution in [0.1, 0.15) is 0 Å². The summed E-state index contributed by atoms with van der Waals surface area (Å²) in [6.45, 7) is 3.02. The number of ether oxygens (including phenoxy) is 1. The Morgan fingerprint density at radius 1 is 1.36 bits per heavy atom. The molecule has 1 fully saturated rings. The van der Waals surface area contributed by atoms with Crippen molar-refractivity contribution in [2.45, 2.75) is 0 Å². The average Bonchev–Trinajstić information content (AvgIpc) is 2.13. The Morgan fingerprint density at radius 3 is 2.57 bits per heavy atom. The van der Waals surface area contributed by atoms with Crippen molar-refractivity contribution in [2.24, 2.45) is 5.92 Å². The highest BCUT2D eigenvalue weighted by Crippen LogP contribution is 2.18. The predicted molar refractivity (Wildman–Crippen MR) is 54.6 cm³/mol. The molecule has 0 spiro atoms. The minimum Gasteiger partial charge on any atom is -0.508 e. The van der Waals surface area contributed by atoms with Gasteiger partial charge in [-0.25, -0.2) is 0 Å². The van der Waals surface area contributed by atoms with Crippen LogP contribution in [0.25, 0.3) is 0 Å². The van der Waals surface area contributed by atoms with Crippen LogP contribution in [-0.4, -0.2) is 36.8 Å². The maximum atomic E-state index is 9.06. The highest BCUT2D eigenvalue weighted by atomic mass is 16.5. The van der Waals surface area contributed by atoms with Crippen LogP contribution in [0.5, 0.6) is 11.5 Å². The van der Waals surface area contributed by atoms with Gasteiger partial charge in [0.1, 0.15) is 11.5 Å². The predicted octanol–water partition coefficient (Wildman–Crippen LogP) is 1.33. The van der Waals surface area contributed by atoms with Crippen LogP contribution < -0.4 is 4.74 Å². The molecule has 3 heteroatoms. The van der Waals surface area contributed by atoms with E-state index in [9.17, 15) is 0 Å². The summed E-state index contributed by atoms with van der Waals surface area (Å²) in [4.78, 5) is 2.27. The van der Waals surface area contributed by atoms with Crippen molar-refractivity contribution in [3.05, 3.63) is 24.3 Å². The lowest BCUT2D eigenvalue weighted by Crippen LogP contribution is -2.46. The molecule has 76 valence electrons. The molecule has 1 aliphatic rings. The standard InChI is InChI=1S/C11H15NO2/c1-12-6-9(7-12)8-14-11-4-2-10(13)3-5-11/h2-5,9,13H,6-8H2,1H3. The molecule has 0 unspecified atom stereocenters. The van der Waals surface area contributed by atoms with E-state index in [0.717, 1.165) is 25.4 Å². The van der Waals surface area contributed by atoms with E-state index >= 15 is 0 Å². The Balaban J connectivity index is 1.78. The minimum atomic E-state index is 0.278. The summed E-state index contributed by atoms with van der Waals surface area (Å²) in [5, 5.41) is 9.06. The Morgan fingerprint density at radius 2 is 2.00 bits per heavy atom. The molecule has 1 aromatic rings. The average molecular weight is 193 g/mol. The zero-order valence-corrected chi connectivity index (χ0v) is 8.31. The molecule has 1 heterocycles. The molecular weight excluding hydrogens is 178 g/mol. The maximum Gasteiger partial charge on any atom is 0.119 e. The van der Waals surface area contributed by atoms with E-state index in [1.807, 2.05) is 0 Å². The molecule has 3 nitrogen and oxygen atoms in total. The van der Waals surface area contributed by atoms with Crippen LogP contribution in [0.2, 0.25) is 0 Å². The number of phenols is 1. The van der Waals surface area contributed by atoms with E-state index in [4.69, 9.17) is 9.84 Å². The van der Waals surface area contributed by atoms with Gasteiger partial charge in [0.2, 0.25) is 0 Å². The lowest BCUT2D eigenvalue weighted by molar-refractivity contribution is 0.0857. The van der Waals surface area contributed by atoms with Gasteiger partial charge < -0.3 is 14.7 Å². The fourth-order valence-electron chi connectivity index (χ4n) is 1.69. The number of nitrogens with zero attached hydrogens (tertiary/aromatic N) is 1. The van der Waals surface area contributed by atoms with Crippen LogP contribution in [0.15, 0.2) is 24.3 Å². The quantitative estimate of drug-likeness (QED) is 0.786. The Kier molecular flexibility index (Phi) is 2.59.